The maximum atomic E-state index is 14.3. The first kappa shape index (κ1) is 21.0. The Bertz CT molecular complexity index is 1340. The van der Waals surface area contributed by atoms with Gasteiger partial charge < -0.3 is 5.32 Å². The van der Waals surface area contributed by atoms with Crippen molar-refractivity contribution in [3.8, 4) is 0 Å². The van der Waals surface area contributed by atoms with Crippen LogP contribution in [0.3, 0.4) is 0 Å². The summed E-state index contributed by atoms with van der Waals surface area (Å²) in [4.78, 5) is 14.4. The minimum atomic E-state index is -3.99. The van der Waals surface area contributed by atoms with E-state index in [2.05, 4.69) is 5.32 Å². The Balaban J connectivity index is 1.85. The van der Waals surface area contributed by atoms with Gasteiger partial charge in [0.15, 0.2) is 5.78 Å². The SMILES string of the molecule is Cc1ccc(C)c(S(=O)(=O)N2c3ccccc3NC3=C(C(=O)CCC3)[C@@H]2c2cccs2)c1. The van der Waals surface area contributed by atoms with Gasteiger partial charge in [-0.2, -0.15) is 0 Å². The normalized spacial score (nSPS) is 18.6. The zero-order valence-electron chi connectivity index (χ0n) is 18.0. The number of nitrogens with zero attached hydrogens (tertiary/aromatic N) is 1. The van der Waals surface area contributed by atoms with Crippen molar-refractivity contribution in [1.82, 2.24) is 0 Å². The standard InChI is InChI=1S/C25H24N2O3S2/c1-16-12-13-17(2)23(15-16)32(29,30)27-20-9-4-3-7-18(20)26-19-8-5-10-21(28)24(19)25(27)22-11-6-14-31-22/h3-4,6-7,9,11-15,25-26H,5,8,10H2,1-2H3/t25-/m0/s1. The van der Waals surface area contributed by atoms with E-state index in [0.717, 1.165) is 22.6 Å². The number of carbonyl (C=O) groups is 1. The van der Waals surface area contributed by atoms with E-state index >= 15 is 0 Å². The second kappa shape index (κ2) is 7.90. The summed E-state index contributed by atoms with van der Waals surface area (Å²) in [6.45, 7) is 3.70. The van der Waals surface area contributed by atoms with Crippen LogP contribution in [0.25, 0.3) is 0 Å². The summed E-state index contributed by atoms with van der Waals surface area (Å²) in [5, 5.41) is 5.35. The van der Waals surface area contributed by atoms with Crippen LogP contribution in [0.5, 0.6) is 0 Å². The molecule has 0 spiro atoms. The lowest BCUT2D eigenvalue weighted by molar-refractivity contribution is -0.116. The van der Waals surface area contributed by atoms with Crippen molar-refractivity contribution in [2.75, 3.05) is 9.62 Å². The van der Waals surface area contributed by atoms with E-state index < -0.39 is 16.1 Å². The van der Waals surface area contributed by atoms with Gasteiger partial charge in [0.1, 0.15) is 6.04 Å². The Kier molecular flexibility index (Phi) is 5.18. The lowest BCUT2D eigenvalue weighted by atomic mass is 9.89. The van der Waals surface area contributed by atoms with E-state index in [9.17, 15) is 13.2 Å². The zero-order valence-corrected chi connectivity index (χ0v) is 19.6. The van der Waals surface area contributed by atoms with E-state index in [1.54, 1.807) is 6.07 Å². The molecule has 1 aromatic heterocycles. The monoisotopic (exact) mass is 464 g/mol. The second-order valence-corrected chi connectivity index (χ2v) is 11.1. The molecule has 0 amide bonds. The van der Waals surface area contributed by atoms with Gasteiger partial charge in [-0.15, -0.1) is 11.3 Å². The first-order valence-corrected chi connectivity index (χ1v) is 13.0. The molecule has 164 valence electrons. The number of para-hydroxylation sites is 2. The summed E-state index contributed by atoms with van der Waals surface area (Å²) < 4.78 is 30.1. The van der Waals surface area contributed by atoms with Crippen LogP contribution in [-0.4, -0.2) is 14.2 Å². The number of anilines is 2. The van der Waals surface area contributed by atoms with Crippen molar-refractivity contribution in [3.63, 3.8) is 0 Å². The van der Waals surface area contributed by atoms with E-state index in [4.69, 9.17) is 0 Å². The summed E-state index contributed by atoms with van der Waals surface area (Å²) in [5.74, 6) is 0.00567. The summed E-state index contributed by atoms with van der Waals surface area (Å²) in [5.41, 5.74) is 4.18. The fourth-order valence-corrected chi connectivity index (χ4v) is 7.39. The number of hydrogen-bond donors (Lipinski definition) is 1. The lowest BCUT2D eigenvalue weighted by Gasteiger charge is -2.34. The molecular weight excluding hydrogens is 440 g/mol. The molecule has 7 heteroatoms. The van der Waals surface area contributed by atoms with Gasteiger partial charge in [0.25, 0.3) is 10.0 Å². The largest absolute Gasteiger partial charge is 0.357 e. The quantitative estimate of drug-likeness (QED) is 0.537. The second-order valence-electron chi connectivity index (χ2n) is 8.30. The molecule has 0 bridgehead atoms. The van der Waals surface area contributed by atoms with Crippen molar-refractivity contribution >= 4 is 38.5 Å². The van der Waals surface area contributed by atoms with Crippen LogP contribution in [0.15, 0.2) is 76.1 Å². The highest BCUT2D eigenvalue weighted by Gasteiger charge is 2.43. The van der Waals surface area contributed by atoms with E-state index in [1.165, 1.54) is 15.6 Å². The van der Waals surface area contributed by atoms with Gasteiger partial charge in [0.05, 0.1) is 16.3 Å². The first-order valence-electron chi connectivity index (χ1n) is 10.7. The van der Waals surface area contributed by atoms with E-state index in [-0.39, 0.29) is 10.7 Å². The Labute approximate surface area is 192 Å². The van der Waals surface area contributed by atoms with Crippen LogP contribution in [0.2, 0.25) is 0 Å². The molecule has 0 unspecified atom stereocenters. The van der Waals surface area contributed by atoms with Crippen molar-refractivity contribution in [2.24, 2.45) is 0 Å². The topological polar surface area (TPSA) is 66.5 Å². The summed E-state index contributed by atoms with van der Waals surface area (Å²) in [6.07, 6.45) is 1.90. The highest BCUT2D eigenvalue weighted by atomic mass is 32.2. The molecule has 1 aliphatic carbocycles. The van der Waals surface area contributed by atoms with Gasteiger partial charge in [0.2, 0.25) is 0 Å². The van der Waals surface area contributed by atoms with Gasteiger partial charge in [-0.1, -0.05) is 30.3 Å². The molecular formula is C25H24N2O3S2. The predicted octanol–water partition coefficient (Wildman–Crippen LogP) is 5.73. The summed E-state index contributed by atoms with van der Waals surface area (Å²) in [6, 6.07) is 16.0. The van der Waals surface area contributed by atoms with Gasteiger partial charge in [-0.25, -0.2) is 8.42 Å². The van der Waals surface area contributed by atoms with Crippen LogP contribution in [-0.2, 0) is 14.8 Å². The number of ketones is 1. The Hall–Kier alpha value is -2.90. The highest BCUT2D eigenvalue weighted by molar-refractivity contribution is 7.93. The fraction of sp³-hybridized carbons (Fsp3) is 0.240. The minimum Gasteiger partial charge on any atom is -0.357 e. The number of rotatable bonds is 3. The first-order chi connectivity index (χ1) is 15.4. The molecule has 0 saturated carbocycles. The molecule has 3 aromatic rings. The Morgan fingerprint density at radius 1 is 1.03 bits per heavy atom. The fourth-order valence-electron chi connectivity index (χ4n) is 4.57. The molecule has 1 N–H and O–H groups in total. The van der Waals surface area contributed by atoms with Gasteiger partial charge in [0, 0.05) is 22.6 Å². The number of sulfonamides is 1. The third kappa shape index (κ3) is 3.36. The van der Waals surface area contributed by atoms with Crippen molar-refractivity contribution in [3.05, 3.63) is 87.3 Å². The molecule has 5 nitrogen and oxygen atoms in total. The maximum absolute atomic E-state index is 14.3. The predicted molar refractivity (Wildman–Crippen MR) is 129 cm³/mol. The number of carbonyl (C=O) groups excluding carboxylic acids is 1. The average Bonchev–Trinajstić information content (AvgIpc) is 3.24. The van der Waals surface area contributed by atoms with Crippen molar-refractivity contribution < 1.29 is 13.2 Å². The lowest BCUT2D eigenvalue weighted by Crippen LogP contribution is -2.38. The zero-order chi connectivity index (χ0) is 22.5. The Morgan fingerprint density at radius 3 is 2.62 bits per heavy atom. The summed E-state index contributed by atoms with van der Waals surface area (Å²) >= 11 is 1.47. The third-order valence-electron chi connectivity index (χ3n) is 6.08. The van der Waals surface area contributed by atoms with Gasteiger partial charge in [-0.3, -0.25) is 9.10 Å². The van der Waals surface area contributed by atoms with Crippen LogP contribution in [0.1, 0.15) is 41.3 Å². The van der Waals surface area contributed by atoms with Crippen LogP contribution < -0.4 is 9.62 Å². The van der Waals surface area contributed by atoms with Gasteiger partial charge >= 0.3 is 0 Å². The molecule has 32 heavy (non-hydrogen) atoms. The average molecular weight is 465 g/mol. The molecule has 1 atom stereocenters. The highest BCUT2D eigenvalue weighted by Crippen LogP contribution is 2.48. The number of fused-ring (bicyclic) bond motifs is 1. The number of nitrogens with one attached hydrogen (secondary N) is 1. The number of Topliss-reactive ketones (excluding diaryl/α,β-unsaturated/α-hetero) is 1. The number of allylic oxidation sites excluding steroid dienone is 1. The number of hydrogen-bond acceptors (Lipinski definition) is 5. The number of aryl methyl sites for hydroxylation is 2. The van der Waals surface area contributed by atoms with Crippen molar-refractivity contribution in [2.45, 2.75) is 44.0 Å². The molecule has 0 fully saturated rings. The van der Waals surface area contributed by atoms with Crippen molar-refractivity contribution in [1.29, 1.82) is 0 Å². The Morgan fingerprint density at radius 2 is 1.84 bits per heavy atom. The molecule has 2 heterocycles. The number of benzene rings is 2. The molecule has 5 rings (SSSR count). The van der Waals surface area contributed by atoms with Crippen LogP contribution >= 0.6 is 11.3 Å². The number of thiophene rings is 1. The molecule has 1 aliphatic heterocycles. The molecule has 2 aliphatic rings. The minimum absolute atomic E-state index is 0.00567. The molecule has 0 saturated heterocycles. The van der Waals surface area contributed by atoms with Crippen LogP contribution in [0, 0.1) is 13.8 Å². The van der Waals surface area contributed by atoms with Gasteiger partial charge in [-0.05, 0) is 67.5 Å². The van der Waals surface area contributed by atoms with Crippen LogP contribution in [0.4, 0.5) is 11.4 Å². The van der Waals surface area contributed by atoms with E-state index in [1.807, 2.05) is 67.8 Å². The van der Waals surface area contributed by atoms with E-state index in [0.29, 0.717) is 35.4 Å². The smallest absolute Gasteiger partial charge is 0.265 e. The molecule has 2 aromatic carbocycles. The molecule has 0 radical (unpaired) electrons. The maximum Gasteiger partial charge on any atom is 0.265 e. The third-order valence-corrected chi connectivity index (χ3v) is 8.93. The summed E-state index contributed by atoms with van der Waals surface area (Å²) in [7, 11) is -3.99.